The Morgan fingerprint density at radius 3 is 1.28 bits per heavy atom. The highest BCUT2D eigenvalue weighted by Crippen LogP contribution is 2.41. The number of aliphatic imine (C=N–C) groups is 2. The number of Topliss-reactive ketones (excluding diaryl/α,β-unsaturated/α-hetero) is 1. The summed E-state index contributed by atoms with van der Waals surface area (Å²) < 4.78 is 2.41. The topological polar surface area (TPSA) is 77.1 Å². The largest absolute Gasteiger partial charge is 0.506 e. The van der Waals surface area contributed by atoms with Gasteiger partial charge in [0.2, 0.25) is 5.78 Å². The van der Waals surface area contributed by atoms with E-state index < -0.39 is 0 Å². The number of carbonyl (C=O) groups excluding carboxylic acids is 1. The zero-order valence-corrected chi connectivity index (χ0v) is 38.0. The minimum Gasteiger partial charge on any atom is -0.506 e. The molecule has 0 bridgehead atoms. The molecule has 0 saturated heterocycles. The van der Waals surface area contributed by atoms with E-state index in [1.807, 2.05) is 25.3 Å². The second-order valence-corrected chi connectivity index (χ2v) is 18.1. The Kier molecular flexibility index (Phi) is 27.7. The molecule has 0 fully saturated rings. The summed E-state index contributed by atoms with van der Waals surface area (Å²) in [5, 5.41) is 15.2. The van der Waals surface area contributed by atoms with E-state index in [-0.39, 0.29) is 17.1 Å². The number of aliphatic hydroxyl groups excluding tert-OH is 1. The van der Waals surface area contributed by atoms with Gasteiger partial charge in [-0.3, -0.25) is 9.37 Å². The van der Waals surface area contributed by atoms with Crippen molar-refractivity contribution in [3.05, 3.63) is 34.0 Å². The highest BCUT2D eigenvalue weighted by molar-refractivity contribution is 7.17. The average Bonchev–Trinajstić information content (AvgIpc) is 3.67. The zero-order valence-electron chi connectivity index (χ0n) is 37.2. The van der Waals surface area contributed by atoms with Gasteiger partial charge in [0, 0.05) is 11.4 Å². The monoisotopic (exact) mass is 806 g/mol. The first-order valence-corrected chi connectivity index (χ1v) is 25.2. The van der Waals surface area contributed by atoms with E-state index in [9.17, 15) is 9.90 Å². The van der Waals surface area contributed by atoms with Crippen LogP contribution in [0.4, 0.5) is 5.00 Å². The normalized spacial score (nSPS) is 15.3. The quantitative estimate of drug-likeness (QED) is 0.0399. The molecule has 1 aromatic rings. The summed E-state index contributed by atoms with van der Waals surface area (Å²) in [5.41, 5.74) is 1.13. The number of ketones is 1. The Morgan fingerprint density at radius 2 is 0.930 bits per heavy atom. The molecule has 0 amide bonds. The maximum Gasteiger partial charge on any atom is 0.336 e. The number of rotatable bonds is 37. The van der Waals surface area contributed by atoms with Gasteiger partial charge in [-0.15, -0.1) is 11.3 Å². The third-order valence-corrected chi connectivity index (χ3v) is 13.0. The highest BCUT2D eigenvalue weighted by Gasteiger charge is 2.39. The van der Waals surface area contributed by atoms with Crippen molar-refractivity contribution < 1.29 is 14.5 Å². The number of unbranched alkanes of at least 4 members (excludes halogenated alkanes) is 30. The Morgan fingerprint density at radius 1 is 0.526 bits per heavy atom. The Balaban J connectivity index is 1.38. The maximum atomic E-state index is 13.2. The van der Waals surface area contributed by atoms with Crippen LogP contribution < -0.4 is 5.32 Å². The molecule has 1 aliphatic heterocycles. The van der Waals surface area contributed by atoms with Crippen LogP contribution in [0.3, 0.4) is 0 Å². The molecule has 322 valence electrons. The molecule has 0 saturated carbocycles. The molecule has 1 aliphatic carbocycles. The van der Waals surface area contributed by atoms with Gasteiger partial charge in [-0.1, -0.05) is 194 Å². The molecule has 2 aliphatic rings. The lowest BCUT2D eigenvalue weighted by Gasteiger charge is -2.21. The second kappa shape index (κ2) is 32.3. The molecular formula is C50H85N4O2S+. The summed E-state index contributed by atoms with van der Waals surface area (Å²) in [7, 11) is 0. The van der Waals surface area contributed by atoms with Crippen LogP contribution in [0.2, 0.25) is 0 Å². The number of allylic oxidation sites excluding steroid dienone is 3. The van der Waals surface area contributed by atoms with Crippen LogP contribution in [0.1, 0.15) is 231 Å². The van der Waals surface area contributed by atoms with E-state index in [0.29, 0.717) is 11.3 Å². The van der Waals surface area contributed by atoms with Crippen LogP contribution in [0.5, 0.6) is 0 Å². The second-order valence-electron chi connectivity index (χ2n) is 17.0. The maximum absolute atomic E-state index is 13.2. The van der Waals surface area contributed by atoms with Gasteiger partial charge < -0.3 is 10.4 Å². The zero-order chi connectivity index (χ0) is 40.6. The number of aliphatic hydroxyl groups is 1. The van der Waals surface area contributed by atoms with Gasteiger partial charge in [0.25, 0.3) is 0 Å². The fraction of sp³-hybridized carbons (Fsp3) is 0.760. The number of thiophene rings is 1. The van der Waals surface area contributed by atoms with Gasteiger partial charge in [0.05, 0.1) is 29.2 Å². The van der Waals surface area contributed by atoms with E-state index >= 15 is 0 Å². The van der Waals surface area contributed by atoms with Gasteiger partial charge in [-0.25, -0.2) is 4.99 Å². The van der Waals surface area contributed by atoms with Gasteiger partial charge in [0.1, 0.15) is 17.7 Å². The number of hydrogen-bond acceptors (Lipinski definition) is 5. The van der Waals surface area contributed by atoms with Gasteiger partial charge >= 0.3 is 5.84 Å². The van der Waals surface area contributed by atoms with Crippen molar-refractivity contribution in [3.63, 3.8) is 0 Å². The number of nitrogens with one attached hydrogen (secondary N) is 1. The molecule has 1 aromatic heterocycles. The van der Waals surface area contributed by atoms with E-state index in [1.165, 1.54) is 217 Å². The lowest BCUT2D eigenvalue weighted by Crippen LogP contribution is -2.27. The van der Waals surface area contributed by atoms with E-state index in [1.54, 1.807) is 6.21 Å². The van der Waals surface area contributed by atoms with Crippen LogP contribution in [0.25, 0.3) is 5.57 Å². The molecule has 2 N–H and O–H groups in total. The minimum absolute atomic E-state index is 0.0325. The van der Waals surface area contributed by atoms with Crippen LogP contribution >= 0.6 is 11.3 Å². The molecule has 7 heteroatoms. The van der Waals surface area contributed by atoms with Crippen molar-refractivity contribution in [3.8, 4) is 0 Å². The molecule has 3 rings (SSSR count). The van der Waals surface area contributed by atoms with Gasteiger partial charge in [0.15, 0.2) is 6.21 Å². The van der Waals surface area contributed by atoms with Crippen LogP contribution in [0.15, 0.2) is 39.1 Å². The first-order valence-electron chi connectivity index (χ1n) is 24.4. The van der Waals surface area contributed by atoms with Crippen molar-refractivity contribution in [1.29, 1.82) is 0 Å². The first kappa shape index (κ1) is 48.8. The smallest absolute Gasteiger partial charge is 0.336 e. The molecule has 6 nitrogen and oxygen atoms in total. The third kappa shape index (κ3) is 20.3. The highest BCUT2D eigenvalue weighted by atomic mass is 32.1. The van der Waals surface area contributed by atoms with Crippen molar-refractivity contribution in [2.24, 2.45) is 9.98 Å². The summed E-state index contributed by atoms with van der Waals surface area (Å²) in [4.78, 5) is 23.4. The minimum atomic E-state index is -0.155. The van der Waals surface area contributed by atoms with Crippen LogP contribution in [-0.4, -0.2) is 53.4 Å². The summed E-state index contributed by atoms with van der Waals surface area (Å²) in [6, 6.07) is 3.85. The Labute approximate surface area is 354 Å². The number of nitrogens with zero attached hydrogens (tertiary/aromatic N) is 3. The number of amidine groups is 1. The fourth-order valence-corrected chi connectivity index (χ4v) is 9.28. The average molecular weight is 806 g/mol. The molecule has 0 radical (unpaired) electrons. The molecular weight excluding hydrogens is 721 g/mol. The molecule has 0 atom stereocenters. The van der Waals surface area contributed by atoms with Gasteiger partial charge in [-0.2, -0.15) is 0 Å². The SMILES string of the molecule is CCCCCCCCCCCCCCCCCC[N+](CCCCCCCCCCCCCCCCCC)=C1C=N/C(=C2\C(=O)C(c3ccc(NCC)s3)=C2O)C=N1. The summed E-state index contributed by atoms with van der Waals surface area (Å²) in [6.07, 6.45) is 47.5. The van der Waals surface area contributed by atoms with Crippen LogP contribution in [0, 0.1) is 0 Å². The van der Waals surface area contributed by atoms with E-state index in [0.717, 1.165) is 35.3 Å². The summed E-state index contributed by atoms with van der Waals surface area (Å²) in [6.45, 7) is 9.42. The predicted molar refractivity (Wildman–Crippen MR) is 251 cm³/mol. The lowest BCUT2D eigenvalue weighted by atomic mass is 9.85. The Bertz CT molecular complexity index is 1330. The Hall–Kier alpha value is -2.54. The third-order valence-electron chi connectivity index (χ3n) is 11.9. The predicted octanol–water partition coefficient (Wildman–Crippen LogP) is 15.4. The van der Waals surface area contributed by atoms with Crippen molar-refractivity contribution in [2.75, 3.05) is 25.0 Å². The van der Waals surface area contributed by atoms with Crippen molar-refractivity contribution >= 4 is 46.0 Å². The fourth-order valence-electron chi connectivity index (χ4n) is 8.27. The summed E-state index contributed by atoms with van der Waals surface area (Å²) in [5.74, 6) is 0.757. The standard InChI is InChI=1S/C50H84N4O2S/c1-4-7-9-11-13-15-17-19-21-23-25-27-29-31-33-35-39-54(40-36-34-32-30-28-26-24-22-20-18-16-14-12-10-8-5-2)45-42-52-43(41-53-45)47-49(55)48(50(47)56)44-37-38-46(57-44)51-6-3/h37-38,41-42H,4-36,39-40H2,1-3H3,(H,52,55,56)/p+1. The summed E-state index contributed by atoms with van der Waals surface area (Å²) >= 11 is 1.49. The molecule has 0 unspecified atom stereocenters. The molecule has 0 aromatic carbocycles. The molecule has 0 spiro atoms. The van der Waals surface area contributed by atoms with E-state index in [4.69, 9.17) is 4.99 Å². The van der Waals surface area contributed by atoms with Gasteiger partial charge in [-0.05, 0) is 49.7 Å². The molecule has 57 heavy (non-hydrogen) atoms. The molecule has 2 heterocycles. The van der Waals surface area contributed by atoms with E-state index in [2.05, 4.69) is 28.7 Å². The number of hydrogen-bond donors (Lipinski definition) is 2. The van der Waals surface area contributed by atoms with Crippen molar-refractivity contribution in [2.45, 2.75) is 226 Å². The number of anilines is 1. The van der Waals surface area contributed by atoms with Crippen LogP contribution in [-0.2, 0) is 4.79 Å². The lowest BCUT2D eigenvalue weighted by molar-refractivity contribution is -0.528. The first-order chi connectivity index (χ1) is 28.1. The number of carbonyl (C=O) groups is 1. The van der Waals surface area contributed by atoms with Crippen molar-refractivity contribution in [1.82, 2.24) is 0 Å².